The summed E-state index contributed by atoms with van der Waals surface area (Å²) in [7, 11) is 1.62. The molecule has 2 aromatic rings. The van der Waals surface area contributed by atoms with Crippen molar-refractivity contribution in [2.75, 3.05) is 13.6 Å². The number of rotatable bonds is 3. The largest absolute Gasteiger partial charge is 0.355 e. The van der Waals surface area contributed by atoms with Gasteiger partial charge in [-0.2, -0.15) is 0 Å². The number of benzene rings is 1. The fourth-order valence-electron chi connectivity index (χ4n) is 1.93. The molecule has 0 aliphatic rings. The molecule has 0 bridgehead atoms. The summed E-state index contributed by atoms with van der Waals surface area (Å²) < 4.78 is 0. The lowest BCUT2D eigenvalue weighted by molar-refractivity contribution is 0.0964. The summed E-state index contributed by atoms with van der Waals surface area (Å²) >= 11 is 0. The Kier molecular flexibility index (Phi) is 3.35. The van der Waals surface area contributed by atoms with Crippen LogP contribution in [0.2, 0.25) is 0 Å². The summed E-state index contributed by atoms with van der Waals surface area (Å²) in [4.78, 5) is 16.1. The van der Waals surface area contributed by atoms with Crippen LogP contribution in [0, 0.1) is 0 Å². The molecule has 1 heterocycles. The molecule has 0 unspecified atom stereocenters. The van der Waals surface area contributed by atoms with Gasteiger partial charge in [0.2, 0.25) is 0 Å². The number of nitrogens with zero attached hydrogens (tertiary/aromatic N) is 1. The lowest BCUT2D eigenvalue weighted by atomic mass is 10.0. The maximum Gasteiger partial charge on any atom is 0.251 e. The highest BCUT2D eigenvalue weighted by Gasteiger charge is 2.10. The van der Waals surface area contributed by atoms with Crippen molar-refractivity contribution >= 4 is 16.8 Å². The van der Waals surface area contributed by atoms with Crippen LogP contribution in [-0.4, -0.2) is 24.5 Å². The molecular weight excluding hydrogens is 214 g/mol. The van der Waals surface area contributed by atoms with Gasteiger partial charge in [0.05, 0.1) is 11.1 Å². The summed E-state index contributed by atoms with van der Waals surface area (Å²) in [5, 5.41) is 3.51. The molecule has 4 heteroatoms. The molecule has 2 rings (SSSR count). The Hall–Kier alpha value is -1.94. The van der Waals surface area contributed by atoms with Gasteiger partial charge in [0.15, 0.2) is 0 Å². The van der Waals surface area contributed by atoms with Crippen LogP contribution in [0.1, 0.15) is 15.9 Å². The number of carbonyl (C=O) groups excluding carboxylic acids is 1. The van der Waals surface area contributed by atoms with Crippen molar-refractivity contribution in [2.24, 2.45) is 5.73 Å². The molecule has 4 nitrogen and oxygen atoms in total. The smallest absolute Gasteiger partial charge is 0.251 e. The molecule has 0 spiro atoms. The molecule has 0 saturated carbocycles. The maximum atomic E-state index is 11.7. The van der Waals surface area contributed by atoms with Gasteiger partial charge in [0.1, 0.15) is 0 Å². The van der Waals surface area contributed by atoms with E-state index in [2.05, 4.69) is 10.3 Å². The van der Waals surface area contributed by atoms with E-state index in [9.17, 15) is 4.79 Å². The molecule has 1 aromatic heterocycles. The summed E-state index contributed by atoms with van der Waals surface area (Å²) in [6.07, 6.45) is 2.43. The first kappa shape index (κ1) is 11.5. The van der Waals surface area contributed by atoms with Crippen molar-refractivity contribution in [1.82, 2.24) is 10.3 Å². The number of carbonyl (C=O) groups is 1. The number of hydrogen-bond donors (Lipinski definition) is 2. The molecular formula is C13H15N3O. The molecule has 0 aliphatic carbocycles. The summed E-state index contributed by atoms with van der Waals surface area (Å²) in [6, 6.07) is 7.57. The number of aromatic nitrogens is 1. The Morgan fingerprint density at radius 3 is 2.94 bits per heavy atom. The van der Waals surface area contributed by atoms with Crippen LogP contribution in [0.3, 0.4) is 0 Å². The number of pyridine rings is 1. The van der Waals surface area contributed by atoms with Crippen molar-refractivity contribution in [3.8, 4) is 0 Å². The molecule has 0 saturated heterocycles. The third-order valence-electron chi connectivity index (χ3n) is 2.74. The van der Waals surface area contributed by atoms with Crippen molar-refractivity contribution in [2.45, 2.75) is 6.42 Å². The van der Waals surface area contributed by atoms with Gasteiger partial charge in [-0.1, -0.05) is 18.2 Å². The molecule has 0 fully saturated rings. The summed E-state index contributed by atoms with van der Waals surface area (Å²) in [5.41, 5.74) is 8.16. The van der Waals surface area contributed by atoms with E-state index in [0.717, 1.165) is 22.9 Å². The Morgan fingerprint density at radius 1 is 1.41 bits per heavy atom. The number of amides is 1. The molecule has 3 N–H and O–H groups in total. The van der Waals surface area contributed by atoms with E-state index in [0.29, 0.717) is 12.1 Å². The Bertz CT molecular complexity index is 551. The van der Waals surface area contributed by atoms with Crippen molar-refractivity contribution < 1.29 is 4.79 Å². The molecule has 88 valence electrons. The fraction of sp³-hybridized carbons (Fsp3) is 0.231. The van der Waals surface area contributed by atoms with E-state index in [4.69, 9.17) is 5.73 Å². The monoisotopic (exact) mass is 229 g/mol. The van der Waals surface area contributed by atoms with E-state index in [1.165, 1.54) is 0 Å². The third-order valence-corrected chi connectivity index (χ3v) is 2.74. The summed E-state index contributed by atoms with van der Waals surface area (Å²) in [5.74, 6) is -0.0951. The number of nitrogens with two attached hydrogens (primary N) is 1. The van der Waals surface area contributed by atoms with Gasteiger partial charge in [-0.05, 0) is 24.6 Å². The SMILES string of the molecule is CNC(=O)c1ccnc2c(CCN)cccc12. The zero-order chi connectivity index (χ0) is 12.3. The van der Waals surface area contributed by atoms with Crippen LogP contribution < -0.4 is 11.1 Å². The number of nitrogens with one attached hydrogen (secondary N) is 1. The van der Waals surface area contributed by atoms with Crippen LogP contribution in [0.5, 0.6) is 0 Å². The quantitative estimate of drug-likeness (QED) is 0.828. The van der Waals surface area contributed by atoms with E-state index in [1.807, 2.05) is 18.2 Å². The first-order valence-corrected chi connectivity index (χ1v) is 5.56. The van der Waals surface area contributed by atoms with Crippen molar-refractivity contribution in [3.05, 3.63) is 41.6 Å². The van der Waals surface area contributed by atoms with Gasteiger partial charge < -0.3 is 11.1 Å². The average Bonchev–Trinajstić information content (AvgIpc) is 2.38. The Balaban J connectivity index is 2.65. The second-order valence-electron chi connectivity index (χ2n) is 3.79. The van der Waals surface area contributed by atoms with Crippen molar-refractivity contribution in [1.29, 1.82) is 0 Å². The Labute approximate surface area is 99.8 Å². The minimum absolute atomic E-state index is 0.0951. The highest BCUT2D eigenvalue weighted by Crippen LogP contribution is 2.20. The number of para-hydroxylation sites is 1. The molecule has 1 amide bonds. The van der Waals surface area contributed by atoms with E-state index in [1.54, 1.807) is 19.3 Å². The van der Waals surface area contributed by atoms with E-state index >= 15 is 0 Å². The van der Waals surface area contributed by atoms with Crippen LogP contribution >= 0.6 is 0 Å². The average molecular weight is 229 g/mol. The molecule has 0 radical (unpaired) electrons. The van der Waals surface area contributed by atoms with Crippen molar-refractivity contribution in [3.63, 3.8) is 0 Å². The second kappa shape index (κ2) is 4.93. The lowest BCUT2D eigenvalue weighted by Gasteiger charge is -2.08. The predicted octanol–water partition coefficient (Wildman–Crippen LogP) is 1.10. The molecule has 0 aliphatic heterocycles. The zero-order valence-corrected chi connectivity index (χ0v) is 9.73. The van der Waals surface area contributed by atoms with E-state index < -0.39 is 0 Å². The normalized spacial score (nSPS) is 10.5. The fourth-order valence-corrected chi connectivity index (χ4v) is 1.93. The third kappa shape index (κ3) is 2.12. The standard InChI is InChI=1S/C13H15N3O/c1-15-13(17)11-6-8-16-12-9(5-7-14)3-2-4-10(11)12/h2-4,6,8H,5,7,14H2,1H3,(H,15,17). The first-order chi connectivity index (χ1) is 8.27. The molecule has 0 atom stereocenters. The highest BCUT2D eigenvalue weighted by molar-refractivity contribution is 6.06. The predicted molar refractivity (Wildman–Crippen MR) is 67.9 cm³/mol. The first-order valence-electron chi connectivity index (χ1n) is 5.56. The maximum absolute atomic E-state index is 11.7. The second-order valence-corrected chi connectivity index (χ2v) is 3.79. The Morgan fingerprint density at radius 2 is 2.24 bits per heavy atom. The topological polar surface area (TPSA) is 68.0 Å². The van der Waals surface area contributed by atoms with Gasteiger partial charge >= 0.3 is 0 Å². The number of hydrogen-bond acceptors (Lipinski definition) is 3. The minimum atomic E-state index is -0.0951. The van der Waals surface area contributed by atoms with Crippen LogP contribution in [0.15, 0.2) is 30.5 Å². The zero-order valence-electron chi connectivity index (χ0n) is 9.73. The summed E-state index contributed by atoms with van der Waals surface area (Å²) in [6.45, 7) is 0.574. The number of fused-ring (bicyclic) bond motifs is 1. The van der Waals surface area contributed by atoms with Gasteiger partial charge in [0, 0.05) is 18.6 Å². The van der Waals surface area contributed by atoms with Crippen LogP contribution in [0.25, 0.3) is 10.9 Å². The molecule has 1 aromatic carbocycles. The lowest BCUT2D eigenvalue weighted by Crippen LogP contribution is -2.18. The highest BCUT2D eigenvalue weighted by atomic mass is 16.1. The van der Waals surface area contributed by atoms with Gasteiger partial charge in [-0.25, -0.2) is 0 Å². The van der Waals surface area contributed by atoms with E-state index in [-0.39, 0.29) is 5.91 Å². The van der Waals surface area contributed by atoms with Gasteiger partial charge in [-0.15, -0.1) is 0 Å². The van der Waals surface area contributed by atoms with Crippen LogP contribution in [0.4, 0.5) is 0 Å². The van der Waals surface area contributed by atoms with Gasteiger partial charge in [0.25, 0.3) is 5.91 Å². The van der Waals surface area contributed by atoms with Gasteiger partial charge in [-0.3, -0.25) is 9.78 Å². The molecule has 17 heavy (non-hydrogen) atoms. The van der Waals surface area contributed by atoms with Crippen LogP contribution in [-0.2, 0) is 6.42 Å². The minimum Gasteiger partial charge on any atom is -0.355 e.